The van der Waals surface area contributed by atoms with E-state index in [-0.39, 0.29) is 11.8 Å². The van der Waals surface area contributed by atoms with Gasteiger partial charge in [-0.2, -0.15) is 0 Å². The van der Waals surface area contributed by atoms with E-state index in [0.29, 0.717) is 58.7 Å². The summed E-state index contributed by atoms with van der Waals surface area (Å²) in [7, 11) is 7.89. The number of hydrogen-bond donors (Lipinski definition) is 10. The van der Waals surface area contributed by atoms with Crippen molar-refractivity contribution in [3.05, 3.63) is 0 Å². The van der Waals surface area contributed by atoms with Gasteiger partial charge in [-0.15, -0.1) is 0 Å². The molecule has 0 rings (SSSR count). The number of unbranched alkanes of at least 4 members (excludes halogenated alkanes) is 2. The van der Waals surface area contributed by atoms with Crippen LogP contribution in [0.1, 0.15) is 46.0 Å². The summed E-state index contributed by atoms with van der Waals surface area (Å²) in [5.74, 6) is 0.247. The normalized spacial score (nSPS) is 12.0. The lowest BCUT2D eigenvalue weighted by Gasteiger charge is -2.30. The van der Waals surface area contributed by atoms with Gasteiger partial charge in [0.15, 0.2) is 0 Å². The van der Waals surface area contributed by atoms with Crippen LogP contribution >= 0.6 is 23.6 Å². The van der Waals surface area contributed by atoms with E-state index in [1.165, 1.54) is 12.8 Å². The highest BCUT2D eigenvalue weighted by Crippen LogP contribution is 2.03. The molecule has 21 nitrogen and oxygen atoms in total. The van der Waals surface area contributed by atoms with Crippen LogP contribution in [0.3, 0.4) is 0 Å². The molecular formula is C47H111Cl2N19O2. The van der Waals surface area contributed by atoms with Crippen LogP contribution in [0.4, 0.5) is 0 Å². The lowest BCUT2D eigenvalue weighted by atomic mass is 10.2. The fraction of sp³-hybridized carbons (Fsp3) is 0.957. The molecule has 70 heavy (non-hydrogen) atoms. The second kappa shape index (κ2) is 52.7. The largest absolute Gasteiger partial charge is 0.355 e. The van der Waals surface area contributed by atoms with Crippen LogP contribution in [0.15, 0.2) is 0 Å². The molecule has 0 bridgehead atoms. The predicted molar refractivity (Wildman–Crippen MR) is 298 cm³/mol. The third-order valence-corrected chi connectivity index (χ3v) is 12.8. The SMILES string of the molecule is CCC(=O)N(CCN)CCN(CCN)CCN(CCNC)CCN(Cl)CCN(CCN)CCNC.CCC(=O)NCCN(CCNC)CCN(Cl)CCN(CCNC)CCN(CCN)CCCCCN. The molecule has 0 unspecified atom stereocenters. The van der Waals surface area contributed by atoms with E-state index < -0.39 is 0 Å². The van der Waals surface area contributed by atoms with Gasteiger partial charge >= 0.3 is 0 Å². The highest BCUT2D eigenvalue weighted by atomic mass is 35.5. The number of rotatable bonds is 51. The van der Waals surface area contributed by atoms with Crippen LogP contribution in [-0.2, 0) is 9.59 Å². The molecule has 0 aromatic carbocycles. The molecule has 0 heterocycles. The zero-order valence-corrected chi connectivity index (χ0v) is 47.1. The Labute approximate surface area is 438 Å². The maximum atomic E-state index is 12.2. The first kappa shape index (κ1) is 70.9. The molecule has 0 aromatic heterocycles. The number of likely N-dealkylation sites (N-methyl/N-ethyl adjacent to an activating group) is 4. The summed E-state index contributed by atoms with van der Waals surface area (Å²) in [6, 6.07) is 0. The van der Waals surface area contributed by atoms with Gasteiger partial charge in [0.25, 0.3) is 0 Å². The lowest BCUT2D eigenvalue weighted by Crippen LogP contribution is -2.46. The molecule has 2 amide bonds. The number of nitrogens with one attached hydrogen (secondary N) is 5. The van der Waals surface area contributed by atoms with Crippen molar-refractivity contribution in [3.8, 4) is 0 Å². The Morgan fingerprint density at radius 3 is 1.04 bits per heavy atom. The molecule has 0 aliphatic rings. The minimum absolute atomic E-state index is 0.0970. The number of nitrogens with two attached hydrogens (primary N) is 5. The summed E-state index contributed by atoms with van der Waals surface area (Å²) >= 11 is 13.1. The van der Waals surface area contributed by atoms with Crippen LogP contribution in [-0.4, -0.2) is 306 Å². The van der Waals surface area contributed by atoms with Gasteiger partial charge in [-0.25, -0.2) is 8.84 Å². The zero-order valence-electron chi connectivity index (χ0n) is 45.6. The van der Waals surface area contributed by atoms with Crippen molar-refractivity contribution in [3.63, 3.8) is 0 Å². The van der Waals surface area contributed by atoms with Gasteiger partial charge in [-0.05, 0) is 77.7 Å². The van der Waals surface area contributed by atoms with Crippen LogP contribution in [0.5, 0.6) is 0 Å². The summed E-state index contributed by atoms with van der Waals surface area (Å²) < 4.78 is 3.78. The van der Waals surface area contributed by atoms with E-state index in [1.54, 1.807) is 0 Å². The van der Waals surface area contributed by atoms with Crippen molar-refractivity contribution in [2.45, 2.75) is 46.0 Å². The average molecular weight is 1050 g/mol. The monoisotopic (exact) mass is 1040 g/mol. The summed E-state index contributed by atoms with van der Waals surface area (Å²) in [6.45, 7) is 32.4. The smallest absolute Gasteiger partial charge is 0.222 e. The second-order valence-electron chi connectivity index (χ2n) is 17.7. The third-order valence-electron chi connectivity index (χ3n) is 12.1. The Kier molecular flexibility index (Phi) is 53.4. The quantitative estimate of drug-likeness (QED) is 0.0220. The molecule has 23 heteroatoms. The van der Waals surface area contributed by atoms with Crippen LogP contribution < -0.4 is 55.3 Å². The number of carbonyl (C=O) groups is 2. The number of nitrogens with zero attached hydrogens (tertiary/aromatic N) is 9. The van der Waals surface area contributed by atoms with Gasteiger partial charge in [-0.1, -0.05) is 20.3 Å². The highest BCUT2D eigenvalue weighted by molar-refractivity contribution is 6.13. The summed E-state index contributed by atoms with van der Waals surface area (Å²) in [6.07, 6.45) is 4.47. The fourth-order valence-electron chi connectivity index (χ4n) is 7.57. The van der Waals surface area contributed by atoms with Gasteiger partial charge in [0, 0.05) is 222 Å². The molecule has 15 N–H and O–H groups in total. The fourth-order valence-corrected chi connectivity index (χ4v) is 7.87. The van der Waals surface area contributed by atoms with E-state index >= 15 is 0 Å². The Balaban J connectivity index is 0. The van der Waals surface area contributed by atoms with Crippen LogP contribution in [0, 0.1) is 0 Å². The first-order chi connectivity index (χ1) is 33.9. The number of amides is 2. The molecule has 0 fully saturated rings. The molecule has 0 saturated carbocycles. The van der Waals surface area contributed by atoms with Crippen molar-refractivity contribution in [2.24, 2.45) is 28.7 Å². The van der Waals surface area contributed by atoms with Crippen molar-refractivity contribution < 1.29 is 9.59 Å². The Morgan fingerprint density at radius 1 is 0.357 bits per heavy atom. The standard InChI is InChI=1S/C24H56ClN9O.C23H55ClN10O/c1-4-24(35)30-12-17-32(15-10-28-2)20-22-34(25)23-21-33(16-11-29-3)19-18-31(14-9-27)13-7-5-6-8-26;1-4-23(35)33(12-7-27)20-17-31(11-6-26)15-16-32(14-9-29-3)19-22-34(24)21-18-30(10-5-25)13-8-28-2/h28-29H,4-23,26-27H2,1-3H3,(H,30,35);28-29H,4-22,25-27H2,1-3H3. The predicted octanol–water partition coefficient (Wildman–Crippen LogP) is -2.70. The van der Waals surface area contributed by atoms with E-state index in [0.717, 1.165) is 183 Å². The number of carbonyl (C=O) groups excluding carboxylic acids is 2. The molecule has 0 aromatic rings. The van der Waals surface area contributed by atoms with Crippen LogP contribution in [0.2, 0.25) is 0 Å². The Hall–Kier alpha value is -1.16. The van der Waals surface area contributed by atoms with Crippen LogP contribution in [0.25, 0.3) is 0 Å². The Morgan fingerprint density at radius 2 is 0.686 bits per heavy atom. The van der Waals surface area contributed by atoms with E-state index in [1.807, 2.05) is 55.8 Å². The molecule has 0 saturated heterocycles. The van der Waals surface area contributed by atoms with Crippen molar-refractivity contribution in [1.29, 1.82) is 0 Å². The van der Waals surface area contributed by atoms with E-state index in [2.05, 4.69) is 56.0 Å². The molecule has 0 aliphatic heterocycles. The summed E-state index contributed by atoms with van der Waals surface area (Å²) in [5.41, 5.74) is 28.8. The molecule has 420 valence electrons. The van der Waals surface area contributed by atoms with E-state index in [9.17, 15) is 9.59 Å². The average Bonchev–Trinajstić information content (AvgIpc) is 3.36. The third kappa shape index (κ3) is 43.3. The van der Waals surface area contributed by atoms with Crippen molar-refractivity contribution in [2.75, 3.05) is 251 Å². The summed E-state index contributed by atoms with van der Waals surface area (Å²) in [5, 5.41) is 15.9. The minimum atomic E-state index is 0.0970. The van der Waals surface area contributed by atoms with Gasteiger partial charge in [0.05, 0.1) is 0 Å². The van der Waals surface area contributed by atoms with E-state index in [4.69, 9.17) is 52.2 Å². The summed E-state index contributed by atoms with van der Waals surface area (Å²) in [4.78, 5) is 39.9. The van der Waals surface area contributed by atoms with Gasteiger partial charge in [0.2, 0.25) is 11.8 Å². The number of hydrogen-bond acceptors (Lipinski definition) is 19. The molecule has 0 spiro atoms. The Bertz CT molecular complexity index is 1130. The molecule has 0 aliphatic carbocycles. The van der Waals surface area contributed by atoms with Crippen molar-refractivity contribution in [1.82, 2.24) is 69.7 Å². The highest BCUT2D eigenvalue weighted by Gasteiger charge is 2.16. The first-order valence-corrected chi connectivity index (χ1v) is 27.4. The van der Waals surface area contributed by atoms with Crippen molar-refractivity contribution >= 4 is 35.4 Å². The first-order valence-electron chi connectivity index (χ1n) is 26.7. The second-order valence-corrected chi connectivity index (χ2v) is 18.7. The van der Waals surface area contributed by atoms with Gasteiger partial charge in [0.1, 0.15) is 0 Å². The maximum absolute atomic E-state index is 12.2. The molecule has 0 radical (unpaired) electrons. The molecule has 0 atom stereocenters. The molecular weight excluding hydrogens is 934 g/mol. The minimum Gasteiger partial charge on any atom is -0.355 e. The van der Waals surface area contributed by atoms with Gasteiger partial charge in [-0.3, -0.25) is 34.1 Å². The number of halogens is 2. The van der Waals surface area contributed by atoms with Gasteiger partial charge < -0.3 is 65.1 Å². The maximum Gasteiger partial charge on any atom is 0.222 e. The topological polar surface area (TPSA) is 254 Å². The lowest BCUT2D eigenvalue weighted by molar-refractivity contribution is -0.131. The zero-order chi connectivity index (χ0) is 52.5.